The van der Waals surface area contributed by atoms with Gasteiger partial charge in [-0.15, -0.1) is 11.3 Å². The number of rotatable bonds is 6. The summed E-state index contributed by atoms with van der Waals surface area (Å²) in [5, 5.41) is 2.85. The Hall–Kier alpha value is -3.01. The average molecular weight is 331 g/mol. The van der Waals surface area contributed by atoms with Crippen LogP contribution in [0.4, 0.5) is 0 Å². The normalized spacial score (nSPS) is 10.6. The van der Waals surface area contributed by atoms with Crippen molar-refractivity contribution in [1.29, 1.82) is 0 Å². The minimum absolute atomic E-state index is 0.173. The molecule has 0 aliphatic heterocycles. The summed E-state index contributed by atoms with van der Waals surface area (Å²) in [5.74, 6) is 0.259. The van der Waals surface area contributed by atoms with Gasteiger partial charge in [0.05, 0.1) is 12.2 Å². The van der Waals surface area contributed by atoms with Gasteiger partial charge in [0.15, 0.2) is 5.01 Å². The highest BCUT2D eigenvalue weighted by molar-refractivity contribution is 7.15. The van der Waals surface area contributed by atoms with E-state index in [4.69, 9.17) is 5.73 Å². The Morgan fingerprint density at radius 1 is 1.17 bits per heavy atom. The van der Waals surface area contributed by atoms with Crippen LogP contribution in [0.3, 0.4) is 0 Å². The van der Waals surface area contributed by atoms with Crippen LogP contribution in [-0.4, -0.2) is 36.7 Å². The number of nitrogens with one attached hydrogen (secondary N) is 3. The fourth-order valence-electron chi connectivity index (χ4n) is 1.95. The van der Waals surface area contributed by atoms with E-state index in [9.17, 15) is 9.59 Å². The summed E-state index contributed by atoms with van der Waals surface area (Å²) in [6, 6.07) is 0. The van der Waals surface area contributed by atoms with Gasteiger partial charge in [0.1, 0.15) is 16.5 Å². The van der Waals surface area contributed by atoms with Crippen molar-refractivity contribution in [3.8, 4) is 0 Å². The smallest absolute Gasteiger partial charge is 0.280 e. The van der Waals surface area contributed by atoms with Gasteiger partial charge in [-0.25, -0.2) is 15.0 Å². The van der Waals surface area contributed by atoms with E-state index >= 15 is 0 Å². The lowest BCUT2D eigenvalue weighted by Crippen LogP contribution is -2.23. The van der Waals surface area contributed by atoms with Gasteiger partial charge in [0.2, 0.25) is 0 Å². The van der Waals surface area contributed by atoms with Crippen molar-refractivity contribution in [1.82, 2.24) is 30.2 Å². The molecule has 0 atom stereocenters. The number of hydrogen-bond donors (Lipinski definition) is 4. The summed E-state index contributed by atoms with van der Waals surface area (Å²) in [6.45, 7) is 0.241. The molecule has 118 valence electrons. The maximum Gasteiger partial charge on any atom is 0.280 e. The molecule has 3 aromatic rings. The number of nitrogens with zero attached hydrogens (tertiary/aromatic N) is 3. The van der Waals surface area contributed by atoms with Crippen molar-refractivity contribution in [2.45, 2.75) is 13.0 Å². The van der Waals surface area contributed by atoms with Gasteiger partial charge >= 0.3 is 0 Å². The Labute approximate surface area is 134 Å². The van der Waals surface area contributed by atoms with Gasteiger partial charge in [-0.05, 0) is 0 Å². The minimum Gasteiger partial charge on any atom is -0.365 e. The van der Waals surface area contributed by atoms with Crippen LogP contribution in [0.5, 0.6) is 0 Å². The second-order valence-corrected chi connectivity index (χ2v) is 5.59. The number of nitrogens with two attached hydrogens (primary N) is 1. The summed E-state index contributed by atoms with van der Waals surface area (Å²) in [4.78, 5) is 42.1. The molecular formula is C13H13N7O2S. The molecule has 0 unspecified atom stereocenters. The summed E-state index contributed by atoms with van der Waals surface area (Å²) in [6.07, 6.45) is 6.83. The van der Waals surface area contributed by atoms with E-state index in [-0.39, 0.29) is 22.3 Å². The van der Waals surface area contributed by atoms with Crippen molar-refractivity contribution in [3.63, 3.8) is 0 Å². The van der Waals surface area contributed by atoms with Crippen LogP contribution in [-0.2, 0) is 13.0 Å². The van der Waals surface area contributed by atoms with Crippen molar-refractivity contribution < 1.29 is 9.59 Å². The molecule has 0 saturated carbocycles. The van der Waals surface area contributed by atoms with E-state index in [2.05, 4.69) is 30.2 Å². The van der Waals surface area contributed by atoms with Crippen molar-refractivity contribution >= 4 is 23.2 Å². The van der Waals surface area contributed by atoms with Crippen LogP contribution >= 0.6 is 11.3 Å². The highest BCUT2D eigenvalue weighted by atomic mass is 32.1. The lowest BCUT2D eigenvalue weighted by Gasteiger charge is -1.99. The molecule has 3 aromatic heterocycles. The fourth-order valence-corrected chi connectivity index (χ4v) is 2.80. The monoisotopic (exact) mass is 331 g/mol. The molecule has 0 spiro atoms. The average Bonchev–Trinajstić information content (AvgIpc) is 3.26. The first-order valence-electron chi connectivity index (χ1n) is 6.67. The first-order chi connectivity index (χ1) is 11.1. The van der Waals surface area contributed by atoms with Gasteiger partial charge in [-0.3, -0.25) is 9.59 Å². The zero-order valence-corrected chi connectivity index (χ0v) is 12.7. The number of carbonyl (C=O) groups is 2. The topological polar surface area (TPSA) is 142 Å². The molecule has 0 radical (unpaired) electrons. The molecule has 0 aromatic carbocycles. The minimum atomic E-state index is -0.617. The maximum absolute atomic E-state index is 12.2. The molecule has 3 rings (SSSR count). The molecule has 0 bridgehead atoms. The molecule has 0 aliphatic rings. The highest BCUT2D eigenvalue weighted by Crippen LogP contribution is 2.20. The number of aromatic nitrogens is 5. The summed E-state index contributed by atoms with van der Waals surface area (Å²) in [7, 11) is 0. The second kappa shape index (κ2) is 6.40. The predicted molar refractivity (Wildman–Crippen MR) is 81.8 cm³/mol. The lowest BCUT2D eigenvalue weighted by atomic mass is 10.2. The molecule has 9 nitrogen and oxygen atoms in total. The van der Waals surface area contributed by atoms with Crippen LogP contribution < -0.4 is 11.1 Å². The van der Waals surface area contributed by atoms with Crippen molar-refractivity contribution in [2.75, 3.05) is 0 Å². The van der Waals surface area contributed by atoms with E-state index in [1.807, 2.05) is 0 Å². The zero-order chi connectivity index (χ0) is 16.2. The SMILES string of the molecule is NC(=O)c1sc(C(=O)NCc2ncc[nH]2)nc1Cc1ncc[nH]1. The molecule has 0 fully saturated rings. The Balaban J connectivity index is 1.76. The summed E-state index contributed by atoms with van der Waals surface area (Å²) in [5.41, 5.74) is 5.79. The zero-order valence-electron chi connectivity index (χ0n) is 11.9. The van der Waals surface area contributed by atoms with Gasteiger partial charge in [0.25, 0.3) is 11.8 Å². The third-order valence-electron chi connectivity index (χ3n) is 2.98. The van der Waals surface area contributed by atoms with Gasteiger partial charge in [0, 0.05) is 31.2 Å². The van der Waals surface area contributed by atoms with E-state index in [1.165, 1.54) is 0 Å². The molecule has 0 aliphatic carbocycles. The fraction of sp³-hybridized carbons (Fsp3) is 0.154. The second-order valence-electron chi connectivity index (χ2n) is 4.59. The van der Waals surface area contributed by atoms with Gasteiger partial charge in [-0.2, -0.15) is 0 Å². The lowest BCUT2D eigenvalue weighted by molar-refractivity contribution is 0.0948. The van der Waals surface area contributed by atoms with Crippen LogP contribution in [0.1, 0.15) is 36.8 Å². The number of amides is 2. The molecule has 5 N–H and O–H groups in total. The number of primary amides is 1. The molecule has 3 heterocycles. The van der Waals surface area contributed by atoms with E-state index in [0.29, 0.717) is 23.8 Å². The first kappa shape index (κ1) is 14.9. The van der Waals surface area contributed by atoms with E-state index in [1.54, 1.807) is 24.8 Å². The maximum atomic E-state index is 12.2. The quantitative estimate of drug-likeness (QED) is 0.510. The first-order valence-corrected chi connectivity index (χ1v) is 7.49. The third-order valence-corrected chi connectivity index (χ3v) is 4.09. The third kappa shape index (κ3) is 3.43. The van der Waals surface area contributed by atoms with Crippen molar-refractivity contribution in [3.05, 3.63) is 52.0 Å². The van der Waals surface area contributed by atoms with Crippen LogP contribution in [0.25, 0.3) is 0 Å². The van der Waals surface area contributed by atoms with E-state index in [0.717, 1.165) is 11.3 Å². The van der Waals surface area contributed by atoms with Gasteiger partial charge in [-0.1, -0.05) is 0 Å². The highest BCUT2D eigenvalue weighted by Gasteiger charge is 2.20. The van der Waals surface area contributed by atoms with Gasteiger partial charge < -0.3 is 21.0 Å². The van der Waals surface area contributed by atoms with E-state index < -0.39 is 5.91 Å². The predicted octanol–water partition coefficient (Wildman–Crippen LogP) is 0.209. The number of aromatic amines is 2. The summed E-state index contributed by atoms with van der Waals surface area (Å²) >= 11 is 0.965. The molecular weight excluding hydrogens is 318 g/mol. The number of carbonyl (C=O) groups excluding carboxylic acids is 2. The van der Waals surface area contributed by atoms with Crippen LogP contribution in [0.15, 0.2) is 24.8 Å². The number of H-pyrrole nitrogens is 2. The largest absolute Gasteiger partial charge is 0.365 e. The Kier molecular flexibility index (Phi) is 4.15. The number of thiazole rings is 1. The van der Waals surface area contributed by atoms with Crippen LogP contribution in [0, 0.1) is 0 Å². The van der Waals surface area contributed by atoms with Crippen molar-refractivity contribution in [2.24, 2.45) is 5.73 Å². The molecule has 0 saturated heterocycles. The molecule has 2 amide bonds. The van der Waals surface area contributed by atoms with Crippen LogP contribution in [0.2, 0.25) is 0 Å². The summed E-state index contributed by atoms with van der Waals surface area (Å²) < 4.78 is 0. The Bertz CT molecular complexity index is 808. The Morgan fingerprint density at radius 3 is 2.48 bits per heavy atom. The number of imidazole rings is 2. The molecule has 10 heteroatoms. The number of hydrogen-bond acceptors (Lipinski definition) is 6. The standard InChI is InChI=1S/C13H13N7O2S/c14-11(21)10-7(5-8-15-1-2-16-8)20-13(23-10)12(22)19-6-9-17-3-4-18-9/h1-4H,5-6H2,(H2,14,21)(H,15,16)(H,17,18)(H,19,22). The molecule has 23 heavy (non-hydrogen) atoms. The Morgan fingerprint density at radius 2 is 1.87 bits per heavy atom.